The first-order valence-corrected chi connectivity index (χ1v) is 6.77. The van der Waals surface area contributed by atoms with Gasteiger partial charge in [0, 0.05) is 5.92 Å². The minimum atomic E-state index is -0.434. The maximum atomic E-state index is 10.6. The molecular formula is C15H24O. The number of hydrogen-bond acceptors (Lipinski definition) is 1. The lowest BCUT2D eigenvalue weighted by Gasteiger charge is -2.32. The van der Waals surface area contributed by atoms with Gasteiger partial charge in [-0.1, -0.05) is 25.0 Å². The zero-order valence-corrected chi connectivity index (χ0v) is 11.0. The van der Waals surface area contributed by atoms with Crippen LogP contribution in [-0.4, -0.2) is 10.7 Å². The van der Waals surface area contributed by atoms with Crippen molar-refractivity contribution in [3.63, 3.8) is 0 Å². The highest BCUT2D eigenvalue weighted by atomic mass is 16.3. The third kappa shape index (κ3) is 1.21. The van der Waals surface area contributed by atoms with Gasteiger partial charge < -0.3 is 5.11 Å². The Morgan fingerprint density at radius 2 is 1.88 bits per heavy atom. The van der Waals surface area contributed by atoms with Gasteiger partial charge in [0.2, 0.25) is 0 Å². The topological polar surface area (TPSA) is 20.2 Å². The molecule has 0 bridgehead atoms. The first-order valence-electron chi connectivity index (χ1n) is 6.77. The molecule has 0 aromatic heterocycles. The van der Waals surface area contributed by atoms with Gasteiger partial charge in [-0.05, 0) is 56.8 Å². The van der Waals surface area contributed by atoms with Crippen LogP contribution in [0, 0.1) is 23.2 Å². The third-order valence-corrected chi connectivity index (χ3v) is 5.77. The van der Waals surface area contributed by atoms with Crippen LogP contribution in [0.3, 0.4) is 0 Å². The Hall–Kier alpha value is -0.300. The van der Waals surface area contributed by atoms with Crippen molar-refractivity contribution in [2.75, 3.05) is 0 Å². The van der Waals surface area contributed by atoms with E-state index in [1.165, 1.54) is 19.3 Å². The maximum absolute atomic E-state index is 10.6. The normalized spacial score (nSPS) is 49.7. The summed E-state index contributed by atoms with van der Waals surface area (Å²) >= 11 is 0. The second-order valence-electron chi connectivity index (χ2n) is 7.13. The fourth-order valence-electron chi connectivity index (χ4n) is 4.61. The number of fused-ring (bicyclic) bond motifs is 3. The largest absolute Gasteiger partial charge is 0.390 e. The Labute approximate surface area is 98.9 Å². The van der Waals surface area contributed by atoms with Crippen LogP contribution in [0.1, 0.15) is 53.4 Å². The molecule has 2 saturated carbocycles. The lowest BCUT2D eigenvalue weighted by Crippen LogP contribution is -2.34. The maximum Gasteiger partial charge on any atom is 0.0685 e. The summed E-state index contributed by atoms with van der Waals surface area (Å²) in [7, 11) is 0. The van der Waals surface area contributed by atoms with Gasteiger partial charge in [0.1, 0.15) is 0 Å². The molecule has 16 heavy (non-hydrogen) atoms. The third-order valence-electron chi connectivity index (χ3n) is 5.77. The highest BCUT2D eigenvalue weighted by molar-refractivity contribution is 5.36. The molecule has 0 aromatic rings. The second kappa shape index (κ2) is 2.93. The smallest absolute Gasteiger partial charge is 0.0685 e. The van der Waals surface area contributed by atoms with Gasteiger partial charge in [0.15, 0.2) is 0 Å². The average Bonchev–Trinajstić information content (AvgIpc) is 2.51. The van der Waals surface area contributed by atoms with Gasteiger partial charge in [-0.15, -0.1) is 0 Å². The molecule has 0 radical (unpaired) electrons. The van der Waals surface area contributed by atoms with Crippen LogP contribution in [0.2, 0.25) is 0 Å². The monoisotopic (exact) mass is 220 g/mol. The molecule has 90 valence electrons. The molecule has 3 aliphatic rings. The van der Waals surface area contributed by atoms with E-state index in [0.29, 0.717) is 11.3 Å². The summed E-state index contributed by atoms with van der Waals surface area (Å²) in [6, 6.07) is 0. The molecule has 1 nitrogen and oxygen atoms in total. The minimum absolute atomic E-state index is 0.434. The van der Waals surface area contributed by atoms with Gasteiger partial charge in [0.25, 0.3) is 0 Å². The van der Waals surface area contributed by atoms with E-state index in [1.807, 2.05) is 0 Å². The first-order chi connectivity index (χ1) is 7.36. The summed E-state index contributed by atoms with van der Waals surface area (Å²) in [6.07, 6.45) is 4.62. The molecule has 3 aliphatic carbocycles. The van der Waals surface area contributed by atoms with Crippen LogP contribution in [0.25, 0.3) is 0 Å². The van der Waals surface area contributed by atoms with Crippen molar-refractivity contribution in [1.29, 1.82) is 0 Å². The Morgan fingerprint density at radius 1 is 1.19 bits per heavy atom. The van der Waals surface area contributed by atoms with E-state index in [-0.39, 0.29) is 0 Å². The first kappa shape index (κ1) is 10.8. The zero-order valence-electron chi connectivity index (χ0n) is 11.0. The summed E-state index contributed by atoms with van der Waals surface area (Å²) in [5.41, 5.74) is 3.32. The van der Waals surface area contributed by atoms with Crippen LogP contribution in [-0.2, 0) is 0 Å². The summed E-state index contributed by atoms with van der Waals surface area (Å²) < 4.78 is 0. The van der Waals surface area contributed by atoms with E-state index in [2.05, 4.69) is 27.7 Å². The molecule has 0 amide bonds. The molecule has 0 unspecified atom stereocenters. The van der Waals surface area contributed by atoms with Crippen molar-refractivity contribution in [2.24, 2.45) is 23.2 Å². The van der Waals surface area contributed by atoms with Crippen LogP contribution in [0.4, 0.5) is 0 Å². The van der Waals surface area contributed by atoms with Crippen molar-refractivity contribution in [3.05, 3.63) is 11.1 Å². The van der Waals surface area contributed by atoms with Gasteiger partial charge >= 0.3 is 0 Å². The van der Waals surface area contributed by atoms with Crippen molar-refractivity contribution >= 4 is 0 Å². The highest BCUT2D eigenvalue weighted by Crippen LogP contribution is 2.69. The molecule has 1 N–H and O–H groups in total. The standard InChI is InChI=1S/C15H24O/c1-9-5-6-10-12(9)13-11(14(13,2)3)7-8-15(10,4)16/h10-11,13,16H,5-8H2,1-4H3/t10-,11+,13-,15-/m1/s1. The lowest BCUT2D eigenvalue weighted by atomic mass is 9.79. The summed E-state index contributed by atoms with van der Waals surface area (Å²) in [5.74, 6) is 2.09. The van der Waals surface area contributed by atoms with E-state index in [4.69, 9.17) is 0 Å². The van der Waals surface area contributed by atoms with E-state index < -0.39 is 5.60 Å². The van der Waals surface area contributed by atoms with Gasteiger partial charge in [-0.25, -0.2) is 0 Å². The van der Waals surface area contributed by atoms with Crippen LogP contribution in [0.5, 0.6) is 0 Å². The van der Waals surface area contributed by atoms with Crippen LogP contribution in [0.15, 0.2) is 11.1 Å². The van der Waals surface area contributed by atoms with Crippen molar-refractivity contribution < 1.29 is 5.11 Å². The summed E-state index contributed by atoms with van der Waals surface area (Å²) in [6.45, 7) is 9.19. The molecule has 0 saturated heterocycles. The van der Waals surface area contributed by atoms with Crippen LogP contribution < -0.4 is 0 Å². The number of hydrogen-bond donors (Lipinski definition) is 1. The summed E-state index contributed by atoms with van der Waals surface area (Å²) in [5, 5.41) is 10.6. The fourth-order valence-corrected chi connectivity index (χ4v) is 4.61. The zero-order chi connectivity index (χ0) is 11.7. The molecule has 4 atom stereocenters. The number of allylic oxidation sites excluding steroid dienone is 1. The van der Waals surface area contributed by atoms with E-state index in [1.54, 1.807) is 11.1 Å². The molecule has 0 aromatic carbocycles. The molecule has 0 spiro atoms. The predicted octanol–water partition coefficient (Wildman–Crippen LogP) is 3.53. The second-order valence-corrected chi connectivity index (χ2v) is 7.13. The van der Waals surface area contributed by atoms with E-state index in [0.717, 1.165) is 18.3 Å². The number of aliphatic hydroxyl groups is 1. The van der Waals surface area contributed by atoms with Crippen molar-refractivity contribution in [1.82, 2.24) is 0 Å². The SMILES string of the molecule is CC1=C2[C@@H](CC1)[C@](C)(O)CC[C@H]1[C@H]2C1(C)C. The molecule has 0 heterocycles. The van der Waals surface area contributed by atoms with Crippen molar-refractivity contribution in [3.8, 4) is 0 Å². The van der Waals surface area contributed by atoms with E-state index in [9.17, 15) is 5.11 Å². The van der Waals surface area contributed by atoms with E-state index >= 15 is 0 Å². The van der Waals surface area contributed by atoms with Gasteiger partial charge in [0.05, 0.1) is 5.60 Å². The molecule has 0 aliphatic heterocycles. The summed E-state index contributed by atoms with van der Waals surface area (Å²) in [4.78, 5) is 0. The minimum Gasteiger partial charge on any atom is -0.390 e. The predicted molar refractivity (Wildman–Crippen MR) is 66.0 cm³/mol. The van der Waals surface area contributed by atoms with Crippen molar-refractivity contribution in [2.45, 2.75) is 59.0 Å². The average molecular weight is 220 g/mol. The highest BCUT2D eigenvalue weighted by Gasteiger charge is 2.63. The fraction of sp³-hybridized carbons (Fsp3) is 0.867. The molecule has 1 heteroatoms. The Kier molecular flexibility index (Phi) is 1.98. The Balaban J connectivity index is 2.03. The molecule has 2 fully saturated rings. The Bertz CT molecular complexity index is 362. The van der Waals surface area contributed by atoms with Gasteiger partial charge in [-0.3, -0.25) is 0 Å². The molecule has 3 rings (SSSR count). The molecular weight excluding hydrogens is 196 g/mol. The quantitative estimate of drug-likeness (QED) is 0.619. The van der Waals surface area contributed by atoms with Gasteiger partial charge in [-0.2, -0.15) is 0 Å². The number of rotatable bonds is 0. The van der Waals surface area contributed by atoms with Crippen LogP contribution >= 0.6 is 0 Å². The Morgan fingerprint density at radius 3 is 2.56 bits per heavy atom. The lowest BCUT2D eigenvalue weighted by molar-refractivity contribution is 0.00354.